The van der Waals surface area contributed by atoms with Crippen molar-refractivity contribution >= 4 is 17.7 Å². The molecule has 3 heterocycles. The van der Waals surface area contributed by atoms with Gasteiger partial charge >= 0.3 is 0 Å². The summed E-state index contributed by atoms with van der Waals surface area (Å²) in [5.74, 6) is 0.257. The van der Waals surface area contributed by atoms with Crippen LogP contribution in [0.15, 0.2) is 0 Å². The van der Waals surface area contributed by atoms with Crippen molar-refractivity contribution in [1.29, 1.82) is 0 Å². The highest BCUT2D eigenvalue weighted by Crippen LogP contribution is 2.46. The fraction of sp³-hybridized carbons (Fsp3) is 0.850. The molecule has 0 spiro atoms. The topological polar surface area (TPSA) is 82.2 Å². The van der Waals surface area contributed by atoms with Crippen LogP contribution in [-0.4, -0.2) is 95.5 Å². The van der Waals surface area contributed by atoms with Crippen LogP contribution >= 0.6 is 0 Å². The first kappa shape index (κ1) is 19.6. The number of carbonyl (C=O) groups is 3. The summed E-state index contributed by atoms with van der Waals surface area (Å²) >= 11 is 0. The maximum atomic E-state index is 13.0. The summed E-state index contributed by atoms with van der Waals surface area (Å²) in [4.78, 5) is 43.4. The first-order chi connectivity index (χ1) is 13.3. The van der Waals surface area contributed by atoms with Crippen LogP contribution in [0.5, 0.6) is 0 Å². The molecule has 3 saturated heterocycles. The van der Waals surface area contributed by atoms with Crippen LogP contribution in [-0.2, 0) is 19.1 Å². The molecular weight excluding hydrogens is 360 g/mol. The van der Waals surface area contributed by atoms with Gasteiger partial charge in [-0.3, -0.25) is 19.3 Å². The van der Waals surface area contributed by atoms with Crippen molar-refractivity contribution in [2.24, 2.45) is 5.92 Å². The van der Waals surface area contributed by atoms with Crippen molar-refractivity contribution in [1.82, 2.24) is 20.0 Å². The average Bonchev–Trinajstić information content (AvgIpc) is 3.31. The van der Waals surface area contributed by atoms with Crippen molar-refractivity contribution < 1.29 is 19.1 Å². The minimum atomic E-state index is -0.529. The van der Waals surface area contributed by atoms with E-state index in [1.54, 1.807) is 4.90 Å². The molecule has 1 aliphatic carbocycles. The number of rotatable bonds is 6. The summed E-state index contributed by atoms with van der Waals surface area (Å²) in [6.45, 7) is 9.44. The van der Waals surface area contributed by atoms with Gasteiger partial charge in [-0.2, -0.15) is 0 Å². The van der Waals surface area contributed by atoms with E-state index < -0.39 is 6.04 Å². The Morgan fingerprint density at radius 3 is 2.39 bits per heavy atom. The van der Waals surface area contributed by atoms with Gasteiger partial charge in [0.05, 0.1) is 12.6 Å². The second-order valence-corrected chi connectivity index (χ2v) is 9.08. The molecule has 2 unspecified atom stereocenters. The molecule has 3 amide bonds. The van der Waals surface area contributed by atoms with E-state index in [1.165, 1.54) is 6.42 Å². The molecule has 156 valence electrons. The molecule has 0 bridgehead atoms. The fourth-order valence-electron chi connectivity index (χ4n) is 4.66. The number of nitrogens with one attached hydrogen (secondary N) is 1. The number of carbonyl (C=O) groups excluding carboxylic acids is 3. The van der Waals surface area contributed by atoms with Crippen LogP contribution in [0.4, 0.5) is 0 Å². The minimum Gasteiger partial charge on any atom is -0.369 e. The summed E-state index contributed by atoms with van der Waals surface area (Å²) in [5, 5.41) is 3.28. The summed E-state index contributed by atoms with van der Waals surface area (Å²) in [7, 11) is 0. The number of morpholine rings is 1. The van der Waals surface area contributed by atoms with Crippen LogP contribution < -0.4 is 5.32 Å². The quantitative estimate of drug-likeness (QED) is 0.678. The normalized spacial score (nSPS) is 28.6. The number of hydrogen-bond acceptors (Lipinski definition) is 5. The standard InChI is InChI=1S/C20H32N4O4/c1-13(2)24-16(11-28-12-17(24)25)19(27)23-9-15(10-23)20(5-6-20)21-18(26)14(3)22-7-4-8-22/h13-16H,4-12H2,1-3H3,(H,21,26). The minimum absolute atomic E-state index is 0.0283. The molecule has 0 aromatic rings. The summed E-state index contributed by atoms with van der Waals surface area (Å²) in [6, 6.07) is -0.633. The predicted octanol–water partition coefficient (Wildman–Crippen LogP) is -0.176. The van der Waals surface area contributed by atoms with Crippen LogP contribution in [0.2, 0.25) is 0 Å². The molecule has 28 heavy (non-hydrogen) atoms. The Hall–Kier alpha value is -1.67. The Morgan fingerprint density at radius 2 is 1.86 bits per heavy atom. The maximum absolute atomic E-state index is 13.0. The third kappa shape index (κ3) is 3.41. The smallest absolute Gasteiger partial charge is 0.249 e. The Kier molecular flexibility index (Phi) is 5.12. The highest BCUT2D eigenvalue weighted by Gasteiger charge is 2.56. The summed E-state index contributed by atoms with van der Waals surface area (Å²) < 4.78 is 5.34. The third-order valence-electron chi connectivity index (χ3n) is 6.92. The van der Waals surface area contributed by atoms with Gasteiger partial charge in [-0.05, 0) is 40.0 Å². The molecule has 1 N–H and O–H groups in total. The van der Waals surface area contributed by atoms with Gasteiger partial charge < -0.3 is 19.9 Å². The van der Waals surface area contributed by atoms with E-state index in [2.05, 4.69) is 10.2 Å². The zero-order valence-electron chi connectivity index (χ0n) is 17.1. The molecule has 2 atom stereocenters. The predicted molar refractivity (Wildman–Crippen MR) is 102 cm³/mol. The SMILES string of the molecule is CC(C(=O)NC1(C2CN(C(=O)C3COCC(=O)N3C(C)C)C2)CC1)N1CCC1. The van der Waals surface area contributed by atoms with Crippen molar-refractivity contribution in [2.45, 2.75) is 63.7 Å². The molecule has 0 aromatic carbocycles. The first-order valence-electron chi connectivity index (χ1n) is 10.6. The van der Waals surface area contributed by atoms with Crippen molar-refractivity contribution in [3.05, 3.63) is 0 Å². The van der Waals surface area contributed by atoms with Crippen molar-refractivity contribution in [2.75, 3.05) is 39.4 Å². The highest BCUT2D eigenvalue weighted by atomic mass is 16.5. The molecule has 8 nitrogen and oxygen atoms in total. The molecule has 3 aliphatic heterocycles. The number of amides is 3. The van der Waals surface area contributed by atoms with Gasteiger partial charge in [0, 0.05) is 43.7 Å². The Bertz CT molecular complexity index is 653. The van der Waals surface area contributed by atoms with Crippen molar-refractivity contribution in [3.63, 3.8) is 0 Å². The van der Waals surface area contributed by atoms with Gasteiger partial charge in [-0.25, -0.2) is 0 Å². The number of likely N-dealkylation sites (tertiary alicyclic amines) is 2. The molecular formula is C20H32N4O4. The van der Waals surface area contributed by atoms with Crippen LogP contribution in [0, 0.1) is 5.92 Å². The van der Waals surface area contributed by atoms with Gasteiger partial charge in [0.2, 0.25) is 17.7 Å². The lowest BCUT2D eigenvalue weighted by Crippen LogP contribution is -2.66. The second kappa shape index (κ2) is 7.30. The van der Waals surface area contributed by atoms with E-state index in [9.17, 15) is 14.4 Å². The van der Waals surface area contributed by atoms with E-state index in [0.717, 1.165) is 25.9 Å². The zero-order valence-corrected chi connectivity index (χ0v) is 17.1. The molecule has 8 heteroatoms. The first-order valence-corrected chi connectivity index (χ1v) is 10.6. The van der Waals surface area contributed by atoms with Crippen LogP contribution in [0.3, 0.4) is 0 Å². The van der Waals surface area contributed by atoms with E-state index in [-0.39, 0.29) is 48.6 Å². The maximum Gasteiger partial charge on any atom is 0.249 e. The fourth-order valence-corrected chi connectivity index (χ4v) is 4.66. The van der Waals surface area contributed by atoms with Gasteiger partial charge in [0.25, 0.3) is 0 Å². The number of nitrogens with zero attached hydrogens (tertiary/aromatic N) is 3. The van der Waals surface area contributed by atoms with Crippen LogP contribution in [0.25, 0.3) is 0 Å². The van der Waals surface area contributed by atoms with Gasteiger partial charge in [-0.15, -0.1) is 0 Å². The zero-order chi connectivity index (χ0) is 20.1. The molecule has 4 fully saturated rings. The average molecular weight is 393 g/mol. The van der Waals surface area contributed by atoms with E-state index in [4.69, 9.17) is 4.74 Å². The second-order valence-electron chi connectivity index (χ2n) is 9.08. The van der Waals surface area contributed by atoms with E-state index >= 15 is 0 Å². The van der Waals surface area contributed by atoms with Gasteiger partial charge in [-0.1, -0.05) is 0 Å². The van der Waals surface area contributed by atoms with Gasteiger partial charge in [0.15, 0.2) is 0 Å². The molecule has 1 saturated carbocycles. The number of hydrogen-bond donors (Lipinski definition) is 1. The summed E-state index contributed by atoms with van der Waals surface area (Å²) in [5.41, 5.74) is -0.135. The Morgan fingerprint density at radius 1 is 1.18 bits per heavy atom. The number of ether oxygens (including phenoxy) is 1. The Balaban J connectivity index is 1.31. The third-order valence-corrected chi connectivity index (χ3v) is 6.92. The molecule has 0 aromatic heterocycles. The van der Waals surface area contributed by atoms with Gasteiger partial charge in [0.1, 0.15) is 12.6 Å². The largest absolute Gasteiger partial charge is 0.369 e. The van der Waals surface area contributed by atoms with E-state index in [1.807, 2.05) is 25.7 Å². The lowest BCUT2D eigenvalue weighted by atomic mass is 9.88. The summed E-state index contributed by atoms with van der Waals surface area (Å²) in [6.07, 6.45) is 3.14. The highest BCUT2D eigenvalue weighted by molar-refractivity contribution is 5.90. The lowest BCUT2D eigenvalue weighted by molar-refractivity contribution is -0.165. The lowest BCUT2D eigenvalue weighted by Gasteiger charge is -2.48. The molecule has 4 rings (SSSR count). The Labute approximate surface area is 166 Å². The van der Waals surface area contributed by atoms with Crippen molar-refractivity contribution in [3.8, 4) is 0 Å². The monoisotopic (exact) mass is 392 g/mol. The molecule has 4 aliphatic rings. The van der Waals surface area contributed by atoms with E-state index in [0.29, 0.717) is 19.0 Å². The van der Waals surface area contributed by atoms with Crippen LogP contribution in [0.1, 0.15) is 40.0 Å². The molecule has 0 radical (unpaired) electrons.